The van der Waals surface area contributed by atoms with E-state index in [1.807, 2.05) is 24.3 Å². The molecular weight excluding hydrogens is 377 g/mol. The maximum absolute atomic E-state index is 11.2. The Morgan fingerprint density at radius 3 is 2.32 bits per heavy atom. The maximum Gasteiger partial charge on any atom is 0.240 e. The molecule has 0 unspecified atom stereocenters. The van der Waals surface area contributed by atoms with Crippen LogP contribution >= 0.6 is 22.6 Å². The number of rotatable bonds is 3. The Kier molecular flexibility index (Phi) is 3.97. The van der Waals surface area contributed by atoms with Crippen LogP contribution in [0.1, 0.15) is 0 Å². The number of nitrogens with one attached hydrogen (secondary N) is 1. The van der Waals surface area contributed by atoms with Crippen LogP contribution in [0, 0.1) is 3.57 Å². The lowest BCUT2D eigenvalue weighted by molar-refractivity contribution is 0.598. The molecule has 0 atom stereocenters. The van der Waals surface area contributed by atoms with Gasteiger partial charge in [0.1, 0.15) is 4.90 Å². The van der Waals surface area contributed by atoms with Crippen molar-refractivity contribution in [2.45, 2.75) is 4.90 Å². The molecule has 5 N–H and O–H groups in total. The molecule has 0 aliphatic heterocycles. The zero-order valence-electron chi connectivity index (χ0n) is 9.80. The van der Waals surface area contributed by atoms with E-state index in [9.17, 15) is 8.42 Å². The normalized spacial score (nSPS) is 11.3. The van der Waals surface area contributed by atoms with Crippen LogP contribution < -0.4 is 16.2 Å². The van der Waals surface area contributed by atoms with Crippen molar-refractivity contribution in [1.29, 1.82) is 0 Å². The lowest BCUT2D eigenvalue weighted by Crippen LogP contribution is -2.14. The largest absolute Gasteiger partial charge is 0.398 e. The SMILES string of the molecule is Nc1cc(Nc2cccc(I)c2)ccc1S(N)(=O)=O. The summed E-state index contributed by atoms with van der Waals surface area (Å²) in [5, 5.41) is 8.19. The van der Waals surface area contributed by atoms with Crippen molar-refractivity contribution in [3.05, 3.63) is 46.0 Å². The second-order valence-corrected chi connectivity index (χ2v) is 6.71. The number of primary sulfonamides is 1. The molecule has 0 spiro atoms. The van der Waals surface area contributed by atoms with Gasteiger partial charge in [-0.25, -0.2) is 13.6 Å². The molecule has 0 fully saturated rings. The minimum absolute atomic E-state index is 0.0688. The van der Waals surface area contributed by atoms with Crippen molar-refractivity contribution in [3.8, 4) is 0 Å². The van der Waals surface area contributed by atoms with Crippen molar-refractivity contribution < 1.29 is 8.42 Å². The van der Waals surface area contributed by atoms with Crippen LogP contribution in [0.3, 0.4) is 0 Å². The maximum atomic E-state index is 11.2. The summed E-state index contributed by atoms with van der Waals surface area (Å²) in [6.45, 7) is 0. The fourth-order valence-corrected chi connectivity index (χ4v) is 2.81. The number of hydrogen-bond donors (Lipinski definition) is 3. The fraction of sp³-hybridized carbons (Fsp3) is 0. The van der Waals surface area contributed by atoms with Crippen LogP contribution in [-0.4, -0.2) is 8.42 Å². The van der Waals surface area contributed by atoms with Crippen molar-refractivity contribution >= 4 is 49.7 Å². The van der Waals surface area contributed by atoms with Gasteiger partial charge in [0.2, 0.25) is 10.0 Å². The number of sulfonamides is 1. The number of anilines is 3. The first-order valence-electron chi connectivity index (χ1n) is 5.31. The van der Waals surface area contributed by atoms with Crippen molar-refractivity contribution in [3.63, 3.8) is 0 Å². The number of hydrogen-bond acceptors (Lipinski definition) is 4. The summed E-state index contributed by atoms with van der Waals surface area (Å²) >= 11 is 2.21. The Hall–Kier alpha value is -1.32. The third-order valence-electron chi connectivity index (χ3n) is 2.43. The van der Waals surface area contributed by atoms with E-state index in [1.54, 1.807) is 12.1 Å². The van der Waals surface area contributed by atoms with E-state index in [2.05, 4.69) is 27.9 Å². The molecule has 2 aromatic carbocycles. The zero-order chi connectivity index (χ0) is 14.0. The molecular formula is C12H12IN3O2S. The molecule has 0 aliphatic carbocycles. The van der Waals surface area contributed by atoms with Crippen molar-refractivity contribution in [1.82, 2.24) is 0 Å². The van der Waals surface area contributed by atoms with E-state index >= 15 is 0 Å². The Labute approximate surface area is 125 Å². The molecule has 0 saturated heterocycles. The van der Waals surface area contributed by atoms with Crippen LogP contribution in [0.15, 0.2) is 47.4 Å². The number of benzene rings is 2. The third-order valence-corrected chi connectivity index (χ3v) is 4.09. The molecule has 0 saturated carbocycles. The van der Waals surface area contributed by atoms with E-state index in [-0.39, 0.29) is 10.6 Å². The van der Waals surface area contributed by atoms with Gasteiger partial charge in [-0.05, 0) is 59.0 Å². The van der Waals surface area contributed by atoms with Crippen LogP contribution in [0.25, 0.3) is 0 Å². The predicted octanol–water partition coefficient (Wildman–Crippen LogP) is 2.26. The van der Waals surface area contributed by atoms with Crippen molar-refractivity contribution in [2.24, 2.45) is 5.14 Å². The van der Waals surface area contributed by atoms with Gasteiger partial charge in [0.25, 0.3) is 0 Å². The molecule has 0 heterocycles. The topological polar surface area (TPSA) is 98.2 Å². The molecule has 0 aliphatic rings. The van der Waals surface area contributed by atoms with Gasteiger partial charge >= 0.3 is 0 Å². The molecule has 19 heavy (non-hydrogen) atoms. The fourth-order valence-electron chi connectivity index (χ4n) is 1.62. The molecule has 2 aromatic rings. The standard InChI is InChI=1S/C12H12IN3O2S/c13-8-2-1-3-9(6-8)16-10-4-5-12(11(14)7-10)19(15,17)18/h1-7,16H,14H2,(H2,15,17,18). The van der Waals surface area contributed by atoms with Gasteiger partial charge in [-0.1, -0.05) is 6.07 Å². The van der Waals surface area contributed by atoms with Crippen LogP contribution in [-0.2, 0) is 10.0 Å². The second kappa shape index (κ2) is 5.35. The first kappa shape index (κ1) is 14.1. The molecule has 100 valence electrons. The number of nitrogen functional groups attached to an aromatic ring is 1. The predicted molar refractivity (Wildman–Crippen MR) is 84.7 cm³/mol. The molecule has 2 rings (SSSR count). The van der Waals surface area contributed by atoms with Gasteiger partial charge in [-0.2, -0.15) is 0 Å². The Morgan fingerprint density at radius 2 is 1.74 bits per heavy atom. The summed E-state index contributed by atoms with van der Waals surface area (Å²) in [5.74, 6) is 0. The summed E-state index contributed by atoms with van der Waals surface area (Å²) in [5.41, 5.74) is 7.41. The van der Waals surface area contributed by atoms with Crippen LogP contribution in [0.4, 0.5) is 17.1 Å². The first-order valence-corrected chi connectivity index (χ1v) is 7.94. The average molecular weight is 389 g/mol. The van der Waals surface area contributed by atoms with E-state index in [0.29, 0.717) is 5.69 Å². The average Bonchev–Trinajstić information content (AvgIpc) is 2.27. The summed E-state index contributed by atoms with van der Waals surface area (Å²) in [6.07, 6.45) is 0. The first-order chi connectivity index (χ1) is 8.86. The van der Waals surface area contributed by atoms with E-state index in [4.69, 9.17) is 10.9 Å². The third kappa shape index (κ3) is 3.58. The van der Waals surface area contributed by atoms with Gasteiger partial charge in [0.05, 0.1) is 5.69 Å². The van der Waals surface area contributed by atoms with Crippen LogP contribution in [0.2, 0.25) is 0 Å². The Morgan fingerprint density at radius 1 is 1.05 bits per heavy atom. The monoisotopic (exact) mass is 389 g/mol. The highest BCUT2D eigenvalue weighted by Gasteiger charge is 2.12. The second-order valence-electron chi connectivity index (χ2n) is 3.93. The zero-order valence-corrected chi connectivity index (χ0v) is 12.8. The smallest absolute Gasteiger partial charge is 0.240 e. The van der Waals surface area contributed by atoms with Gasteiger partial charge in [0, 0.05) is 14.9 Å². The van der Waals surface area contributed by atoms with Gasteiger partial charge in [-0.3, -0.25) is 0 Å². The quantitative estimate of drug-likeness (QED) is 0.554. The van der Waals surface area contributed by atoms with Gasteiger partial charge in [-0.15, -0.1) is 0 Å². The van der Waals surface area contributed by atoms with Crippen molar-refractivity contribution in [2.75, 3.05) is 11.1 Å². The minimum atomic E-state index is -3.78. The van der Waals surface area contributed by atoms with Gasteiger partial charge in [0.15, 0.2) is 0 Å². The molecule has 7 heteroatoms. The number of halogens is 1. The summed E-state index contributed by atoms with van der Waals surface area (Å²) in [7, 11) is -3.78. The van der Waals surface area contributed by atoms with Gasteiger partial charge < -0.3 is 11.1 Å². The lowest BCUT2D eigenvalue weighted by Gasteiger charge is -2.09. The summed E-state index contributed by atoms with van der Waals surface area (Å²) in [4.78, 5) is -0.0688. The lowest BCUT2D eigenvalue weighted by atomic mass is 10.2. The minimum Gasteiger partial charge on any atom is -0.398 e. The Balaban J connectivity index is 2.31. The molecule has 5 nitrogen and oxygen atoms in total. The molecule has 0 bridgehead atoms. The molecule has 0 aromatic heterocycles. The summed E-state index contributed by atoms with van der Waals surface area (Å²) < 4.78 is 23.6. The van der Waals surface area contributed by atoms with E-state index in [0.717, 1.165) is 9.26 Å². The highest BCUT2D eigenvalue weighted by atomic mass is 127. The van der Waals surface area contributed by atoms with Crippen LogP contribution in [0.5, 0.6) is 0 Å². The molecule has 0 amide bonds. The van der Waals surface area contributed by atoms with E-state index < -0.39 is 10.0 Å². The highest BCUT2D eigenvalue weighted by molar-refractivity contribution is 14.1. The molecule has 0 radical (unpaired) electrons. The number of nitrogens with two attached hydrogens (primary N) is 2. The Bertz CT molecular complexity index is 717. The summed E-state index contributed by atoms with van der Waals surface area (Å²) in [6, 6.07) is 12.3. The highest BCUT2D eigenvalue weighted by Crippen LogP contribution is 2.24. The van der Waals surface area contributed by atoms with E-state index in [1.165, 1.54) is 6.07 Å².